The molecule has 0 spiro atoms. The van der Waals surface area contributed by atoms with E-state index >= 15 is 0 Å². The van der Waals surface area contributed by atoms with Gasteiger partial charge in [0.15, 0.2) is 5.82 Å². The van der Waals surface area contributed by atoms with E-state index in [2.05, 4.69) is 0 Å². The number of nitro benzene ring substituents is 1. The van der Waals surface area contributed by atoms with Crippen LogP contribution in [0.2, 0.25) is 0 Å². The predicted octanol–water partition coefficient (Wildman–Crippen LogP) is 2.41. The second-order valence-corrected chi connectivity index (χ2v) is 5.61. The van der Waals surface area contributed by atoms with Crippen LogP contribution in [0.25, 0.3) is 0 Å². The van der Waals surface area contributed by atoms with E-state index in [1.807, 2.05) is 18.7 Å². The van der Waals surface area contributed by atoms with Crippen molar-refractivity contribution in [3.8, 4) is 0 Å². The summed E-state index contributed by atoms with van der Waals surface area (Å²) in [7, 11) is 3.41. The van der Waals surface area contributed by atoms with Crippen molar-refractivity contribution < 1.29 is 14.1 Å². The highest BCUT2D eigenvalue weighted by Crippen LogP contribution is 2.35. The van der Waals surface area contributed by atoms with Gasteiger partial charge < -0.3 is 14.5 Å². The van der Waals surface area contributed by atoms with Crippen molar-refractivity contribution in [2.24, 2.45) is 0 Å². The summed E-state index contributed by atoms with van der Waals surface area (Å²) >= 11 is 0. The first-order valence-corrected chi connectivity index (χ1v) is 6.85. The Balaban J connectivity index is 2.44. The molecule has 116 valence electrons. The van der Waals surface area contributed by atoms with Crippen molar-refractivity contribution >= 4 is 17.1 Å². The number of nitro groups is 1. The van der Waals surface area contributed by atoms with Crippen LogP contribution < -0.4 is 9.80 Å². The Bertz CT molecular complexity index is 541. The summed E-state index contributed by atoms with van der Waals surface area (Å²) in [5.74, 6) is -0.575. The topological polar surface area (TPSA) is 58.9 Å². The van der Waals surface area contributed by atoms with E-state index < -0.39 is 10.7 Å². The first kappa shape index (κ1) is 15.5. The summed E-state index contributed by atoms with van der Waals surface area (Å²) in [5, 5.41) is 11.0. The van der Waals surface area contributed by atoms with Gasteiger partial charge in [-0.25, -0.2) is 4.39 Å². The predicted molar refractivity (Wildman–Crippen MR) is 79.6 cm³/mol. The maximum Gasteiger partial charge on any atom is 0.295 e. The molecule has 1 saturated heterocycles. The van der Waals surface area contributed by atoms with Gasteiger partial charge in [0, 0.05) is 27.2 Å². The SMILES string of the molecule is C[C@@H]1CN(c2cc(N(C)C)c([N+](=O)[O-])cc2F)C[C@H](C)O1. The Hall–Kier alpha value is -1.89. The minimum absolute atomic E-state index is 0.00820. The van der Waals surface area contributed by atoms with Crippen molar-refractivity contribution in [1.82, 2.24) is 0 Å². The number of rotatable bonds is 3. The highest BCUT2D eigenvalue weighted by Gasteiger charge is 2.27. The Morgan fingerprint density at radius 3 is 2.38 bits per heavy atom. The molecule has 7 heteroatoms. The molecule has 1 aromatic carbocycles. The van der Waals surface area contributed by atoms with E-state index in [0.717, 1.165) is 6.07 Å². The van der Waals surface area contributed by atoms with E-state index in [9.17, 15) is 14.5 Å². The third-order valence-corrected chi connectivity index (χ3v) is 3.48. The number of benzene rings is 1. The molecule has 0 unspecified atom stereocenters. The van der Waals surface area contributed by atoms with Crippen LogP contribution in [0.4, 0.5) is 21.5 Å². The Morgan fingerprint density at radius 2 is 1.90 bits per heavy atom. The van der Waals surface area contributed by atoms with Gasteiger partial charge in [0.05, 0.1) is 28.9 Å². The molecule has 0 aromatic heterocycles. The number of ether oxygens (including phenoxy) is 1. The second kappa shape index (κ2) is 5.85. The van der Waals surface area contributed by atoms with Crippen LogP contribution in [-0.2, 0) is 4.74 Å². The molecule has 6 nitrogen and oxygen atoms in total. The summed E-state index contributed by atoms with van der Waals surface area (Å²) in [6, 6.07) is 2.54. The van der Waals surface area contributed by atoms with E-state index in [1.165, 1.54) is 6.07 Å². The molecule has 1 heterocycles. The molecular weight excluding hydrogens is 277 g/mol. The Morgan fingerprint density at radius 1 is 1.33 bits per heavy atom. The molecule has 0 saturated carbocycles. The van der Waals surface area contributed by atoms with E-state index in [4.69, 9.17) is 4.74 Å². The molecule has 1 aliphatic heterocycles. The minimum Gasteiger partial charge on any atom is -0.372 e. The number of morpholine rings is 1. The molecule has 0 aliphatic carbocycles. The molecule has 2 rings (SSSR count). The number of anilines is 2. The summed E-state index contributed by atoms with van der Waals surface area (Å²) in [6.07, 6.45) is -0.0164. The first-order valence-electron chi connectivity index (χ1n) is 6.85. The molecular formula is C14H20FN3O3. The average molecular weight is 297 g/mol. The van der Waals surface area contributed by atoms with E-state index in [-0.39, 0.29) is 17.9 Å². The van der Waals surface area contributed by atoms with Gasteiger partial charge >= 0.3 is 0 Å². The highest BCUT2D eigenvalue weighted by atomic mass is 19.1. The van der Waals surface area contributed by atoms with Crippen LogP contribution in [0.1, 0.15) is 13.8 Å². The van der Waals surface area contributed by atoms with Crippen molar-refractivity contribution in [2.45, 2.75) is 26.1 Å². The van der Waals surface area contributed by atoms with Crippen LogP contribution in [0.3, 0.4) is 0 Å². The zero-order chi connectivity index (χ0) is 15.7. The molecule has 1 aliphatic rings. The van der Waals surface area contributed by atoms with Crippen molar-refractivity contribution in [2.75, 3.05) is 37.0 Å². The molecule has 0 radical (unpaired) electrons. The van der Waals surface area contributed by atoms with Crippen molar-refractivity contribution in [3.05, 3.63) is 28.1 Å². The molecule has 0 bridgehead atoms. The van der Waals surface area contributed by atoms with Gasteiger partial charge in [-0.3, -0.25) is 10.1 Å². The van der Waals surface area contributed by atoms with Gasteiger partial charge in [-0.15, -0.1) is 0 Å². The average Bonchev–Trinajstić information content (AvgIpc) is 2.36. The third-order valence-electron chi connectivity index (χ3n) is 3.48. The maximum absolute atomic E-state index is 14.3. The van der Waals surface area contributed by atoms with Gasteiger partial charge in [-0.2, -0.15) is 0 Å². The largest absolute Gasteiger partial charge is 0.372 e. The number of halogens is 1. The Labute approximate surface area is 123 Å². The zero-order valence-corrected chi connectivity index (χ0v) is 12.7. The molecule has 0 N–H and O–H groups in total. The van der Waals surface area contributed by atoms with Crippen molar-refractivity contribution in [3.63, 3.8) is 0 Å². The van der Waals surface area contributed by atoms with Gasteiger partial charge in [-0.05, 0) is 19.9 Å². The molecule has 1 fully saturated rings. The number of hydrogen-bond donors (Lipinski definition) is 0. The second-order valence-electron chi connectivity index (χ2n) is 5.61. The van der Waals surface area contributed by atoms with Crippen LogP contribution in [0.5, 0.6) is 0 Å². The lowest BCUT2D eigenvalue weighted by Crippen LogP contribution is -2.45. The highest BCUT2D eigenvalue weighted by molar-refractivity contribution is 5.70. The number of nitrogens with zero attached hydrogens (tertiary/aromatic N) is 3. The van der Waals surface area contributed by atoms with Gasteiger partial charge in [0.2, 0.25) is 0 Å². The smallest absolute Gasteiger partial charge is 0.295 e. The summed E-state index contributed by atoms with van der Waals surface area (Å²) in [4.78, 5) is 14.0. The standard InChI is InChI=1S/C14H20FN3O3/c1-9-7-17(8-10(2)21-9)12-6-13(16(3)4)14(18(19)20)5-11(12)15/h5-6,9-10H,7-8H2,1-4H3/t9-,10+. The lowest BCUT2D eigenvalue weighted by Gasteiger charge is -2.37. The van der Waals surface area contributed by atoms with Crippen LogP contribution in [0, 0.1) is 15.9 Å². The van der Waals surface area contributed by atoms with E-state index in [1.54, 1.807) is 19.0 Å². The van der Waals surface area contributed by atoms with Crippen LogP contribution in [-0.4, -0.2) is 44.3 Å². The monoisotopic (exact) mass is 297 g/mol. The zero-order valence-electron chi connectivity index (χ0n) is 12.7. The summed E-state index contributed by atoms with van der Waals surface area (Å²) in [5.41, 5.74) is 0.546. The lowest BCUT2D eigenvalue weighted by molar-refractivity contribution is -0.384. The van der Waals surface area contributed by atoms with Crippen LogP contribution in [0.15, 0.2) is 12.1 Å². The molecule has 2 atom stereocenters. The molecule has 21 heavy (non-hydrogen) atoms. The van der Waals surface area contributed by atoms with Gasteiger partial charge in [0.25, 0.3) is 5.69 Å². The van der Waals surface area contributed by atoms with Crippen molar-refractivity contribution in [1.29, 1.82) is 0 Å². The molecule has 1 aromatic rings. The van der Waals surface area contributed by atoms with E-state index in [0.29, 0.717) is 24.5 Å². The van der Waals surface area contributed by atoms with Gasteiger partial charge in [0.1, 0.15) is 5.69 Å². The third kappa shape index (κ3) is 3.24. The maximum atomic E-state index is 14.3. The fourth-order valence-electron chi connectivity index (χ4n) is 2.66. The summed E-state index contributed by atoms with van der Waals surface area (Å²) in [6.45, 7) is 4.98. The number of hydrogen-bond acceptors (Lipinski definition) is 5. The van der Waals surface area contributed by atoms with Gasteiger partial charge in [-0.1, -0.05) is 0 Å². The fraction of sp³-hybridized carbons (Fsp3) is 0.571. The summed E-state index contributed by atoms with van der Waals surface area (Å²) < 4.78 is 19.9. The van der Waals surface area contributed by atoms with Crippen LogP contribution >= 0.6 is 0 Å². The fourth-order valence-corrected chi connectivity index (χ4v) is 2.66. The minimum atomic E-state index is -0.575. The quantitative estimate of drug-likeness (QED) is 0.633. The molecule has 0 amide bonds. The lowest BCUT2D eigenvalue weighted by atomic mass is 10.1. The normalized spacial score (nSPS) is 22.2. The first-order chi connectivity index (χ1) is 9.79. The Kier molecular flexibility index (Phi) is 4.32.